The zero-order valence-corrected chi connectivity index (χ0v) is 9.93. The zero-order chi connectivity index (χ0) is 12.3. The van der Waals surface area contributed by atoms with E-state index in [0.717, 1.165) is 13.1 Å². The van der Waals surface area contributed by atoms with Crippen molar-refractivity contribution < 1.29 is 14.4 Å². The lowest BCUT2D eigenvalue weighted by Crippen LogP contribution is -2.49. The molecule has 2 rings (SSSR count). The first kappa shape index (κ1) is 12.1. The standard InChI is InChI=1S/C11H17N3O3/c1-9-10(8-12-17-9)11(16)14-4-2-13(3-5-14)6-7-15/h8,15H,2-7H2,1H3. The Labute approximate surface area is 99.8 Å². The normalized spacial score (nSPS) is 17.4. The van der Waals surface area contributed by atoms with E-state index in [0.29, 0.717) is 31.0 Å². The summed E-state index contributed by atoms with van der Waals surface area (Å²) in [5, 5.41) is 12.5. The number of aliphatic hydroxyl groups is 1. The maximum Gasteiger partial charge on any atom is 0.259 e. The number of aromatic nitrogens is 1. The van der Waals surface area contributed by atoms with E-state index in [1.807, 2.05) is 0 Å². The van der Waals surface area contributed by atoms with Gasteiger partial charge < -0.3 is 14.5 Å². The Hall–Kier alpha value is -1.40. The summed E-state index contributed by atoms with van der Waals surface area (Å²) < 4.78 is 4.90. The van der Waals surface area contributed by atoms with Crippen LogP contribution >= 0.6 is 0 Å². The summed E-state index contributed by atoms with van der Waals surface area (Å²) in [5.41, 5.74) is 0.542. The van der Waals surface area contributed by atoms with Crippen molar-refractivity contribution in [1.29, 1.82) is 0 Å². The van der Waals surface area contributed by atoms with Crippen LogP contribution in [0.4, 0.5) is 0 Å². The zero-order valence-electron chi connectivity index (χ0n) is 9.93. The Morgan fingerprint density at radius 3 is 2.71 bits per heavy atom. The molecule has 94 valence electrons. The van der Waals surface area contributed by atoms with E-state index in [-0.39, 0.29) is 12.5 Å². The fraction of sp³-hybridized carbons (Fsp3) is 0.636. The highest BCUT2D eigenvalue weighted by molar-refractivity contribution is 5.94. The number of aliphatic hydroxyl groups excluding tert-OH is 1. The molecule has 0 unspecified atom stereocenters. The van der Waals surface area contributed by atoms with Gasteiger partial charge in [-0.15, -0.1) is 0 Å². The molecule has 17 heavy (non-hydrogen) atoms. The predicted octanol–water partition coefficient (Wildman–Crippen LogP) is -0.267. The molecule has 1 aliphatic heterocycles. The van der Waals surface area contributed by atoms with E-state index >= 15 is 0 Å². The van der Waals surface area contributed by atoms with Gasteiger partial charge in [0.05, 0.1) is 12.8 Å². The molecule has 0 spiro atoms. The van der Waals surface area contributed by atoms with Gasteiger partial charge in [0.2, 0.25) is 0 Å². The Kier molecular flexibility index (Phi) is 3.75. The molecule has 1 saturated heterocycles. The summed E-state index contributed by atoms with van der Waals surface area (Å²) in [6, 6.07) is 0. The smallest absolute Gasteiger partial charge is 0.259 e. The molecule has 6 heteroatoms. The quantitative estimate of drug-likeness (QED) is 0.786. The monoisotopic (exact) mass is 239 g/mol. The van der Waals surface area contributed by atoms with Crippen LogP contribution in [0, 0.1) is 6.92 Å². The highest BCUT2D eigenvalue weighted by Crippen LogP contribution is 2.11. The average Bonchev–Trinajstić information content (AvgIpc) is 2.76. The molecule has 6 nitrogen and oxygen atoms in total. The van der Waals surface area contributed by atoms with E-state index in [1.165, 1.54) is 6.20 Å². The van der Waals surface area contributed by atoms with Gasteiger partial charge in [-0.05, 0) is 6.92 Å². The van der Waals surface area contributed by atoms with Crippen molar-refractivity contribution in [2.45, 2.75) is 6.92 Å². The highest BCUT2D eigenvalue weighted by Gasteiger charge is 2.24. The molecule has 2 heterocycles. The predicted molar refractivity (Wildman–Crippen MR) is 60.7 cm³/mol. The fourth-order valence-corrected chi connectivity index (χ4v) is 1.99. The van der Waals surface area contributed by atoms with Crippen LogP contribution in [0.15, 0.2) is 10.7 Å². The van der Waals surface area contributed by atoms with Crippen LogP contribution in [-0.2, 0) is 0 Å². The minimum atomic E-state index is -0.0209. The summed E-state index contributed by atoms with van der Waals surface area (Å²) >= 11 is 0. The van der Waals surface area contributed by atoms with E-state index in [1.54, 1.807) is 11.8 Å². The number of carbonyl (C=O) groups excluding carboxylic acids is 1. The maximum absolute atomic E-state index is 12.1. The molecular weight excluding hydrogens is 222 g/mol. The SMILES string of the molecule is Cc1oncc1C(=O)N1CCN(CCO)CC1. The van der Waals surface area contributed by atoms with Gasteiger partial charge in [-0.1, -0.05) is 5.16 Å². The third kappa shape index (κ3) is 2.65. The minimum absolute atomic E-state index is 0.0209. The summed E-state index contributed by atoms with van der Waals surface area (Å²) in [5.74, 6) is 0.542. The van der Waals surface area contributed by atoms with Crippen LogP contribution in [-0.4, -0.2) is 65.3 Å². The summed E-state index contributed by atoms with van der Waals surface area (Å²) in [6.07, 6.45) is 1.47. The molecule has 1 aromatic heterocycles. The number of β-amino-alcohol motifs (C(OH)–C–C–N with tert-alkyl or cyclic N) is 1. The lowest BCUT2D eigenvalue weighted by Gasteiger charge is -2.34. The van der Waals surface area contributed by atoms with Crippen LogP contribution in [0.1, 0.15) is 16.1 Å². The lowest BCUT2D eigenvalue weighted by atomic mass is 10.2. The molecule has 1 aliphatic rings. The largest absolute Gasteiger partial charge is 0.395 e. The van der Waals surface area contributed by atoms with Gasteiger partial charge in [0, 0.05) is 32.7 Å². The molecule has 0 atom stereocenters. The number of piperazine rings is 1. The molecule has 0 saturated carbocycles. The van der Waals surface area contributed by atoms with E-state index in [4.69, 9.17) is 9.63 Å². The van der Waals surface area contributed by atoms with Gasteiger partial charge in [0.1, 0.15) is 11.3 Å². The van der Waals surface area contributed by atoms with Crippen molar-refractivity contribution in [3.8, 4) is 0 Å². The first-order valence-corrected chi connectivity index (χ1v) is 5.76. The van der Waals surface area contributed by atoms with Crippen molar-refractivity contribution >= 4 is 5.91 Å². The summed E-state index contributed by atoms with van der Waals surface area (Å²) in [7, 11) is 0. The molecular formula is C11H17N3O3. The van der Waals surface area contributed by atoms with Crippen LogP contribution in [0.5, 0.6) is 0 Å². The molecule has 0 aromatic carbocycles. The molecule has 0 radical (unpaired) electrons. The third-order valence-corrected chi connectivity index (χ3v) is 3.06. The van der Waals surface area contributed by atoms with E-state index < -0.39 is 0 Å². The van der Waals surface area contributed by atoms with E-state index in [9.17, 15) is 4.79 Å². The van der Waals surface area contributed by atoms with Gasteiger partial charge >= 0.3 is 0 Å². The first-order valence-electron chi connectivity index (χ1n) is 5.76. The molecule has 1 N–H and O–H groups in total. The topological polar surface area (TPSA) is 69.8 Å². The Balaban J connectivity index is 1.93. The molecule has 1 aromatic rings. The summed E-state index contributed by atoms with van der Waals surface area (Å²) in [6.45, 7) is 5.55. The second-order valence-corrected chi connectivity index (χ2v) is 4.15. The van der Waals surface area contributed by atoms with Crippen molar-refractivity contribution in [2.75, 3.05) is 39.3 Å². The lowest BCUT2D eigenvalue weighted by molar-refractivity contribution is 0.0613. The van der Waals surface area contributed by atoms with Crippen LogP contribution in [0.25, 0.3) is 0 Å². The minimum Gasteiger partial charge on any atom is -0.395 e. The maximum atomic E-state index is 12.1. The number of aryl methyl sites for hydroxylation is 1. The Bertz CT molecular complexity index is 383. The van der Waals surface area contributed by atoms with E-state index in [2.05, 4.69) is 10.1 Å². The van der Waals surface area contributed by atoms with Gasteiger partial charge in [0.25, 0.3) is 5.91 Å². The van der Waals surface area contributed by atoms with Gasteiger partial charge in [0.15, 0.2) is 0 Å². The summed E-state index contributed by atoms with van der Waals surface area (Å²) in [4.78, 5) is 16.0. The van der Waals surface area contributed by atoms with Crippen molar-refractivity contribution in [1.82, 2.24) is 15.0 Å². The second-order valence-electron chi connectivity index (χ2n) is 4.15. The number of carbonyl (C=O) groups is 1. The molecule has 0 aliphatic carbocycles. The fourth-order valence-electron chi connectivity index (χ4n) is 1.99. The molecule has 0 bridgehead atoms. The third-order valence-electron chi connectivity index (χ3n) is 3.06. The second kappa shape index (κ2) is 5.29. The Morgan fingerprint density at radius 2 is 2.18 bits per heavy atom. The Morgan fingerprint density at radius 1 is 1.47 bits per heavy atom. The van der Waals surface area contributed by atoms with Crippen molar-refractivity contribution in [3.05, 3.63) is 17.5 Å². The van der Waals surface area contributed by atoms with Gasteiger partial charge in [-0.25, -0.2) is 0 Å². The van der Waals surface area contributed by atoms with Crippen molar-refractivity contribution in [2.24, 2.45) is 0 Å². The number of hydrogen-bond donors (Lipinski definition) is 1. The number of amides is 1. The average molecular weight is 239 g/mol. The van der Waals surface area contributed by atoms with Crippen LogP contribution < -0.4 is 0 Å². The van der Waals surface area contributed by atoms with Crippen LogP contribution in [0.3, 0.4) is 0 Å². The number of rotatable bonds is 3. The number of hydrogen-bond acceptors (Lipinski definition) is 5. The van der Waals surface area contributed by atoms with Crippen LogP contribution in [0.2, 0.25) is 0 Å². The van der Waals surface area contributed by atoms with Crippen molar-refractivity contribution in [3.63, 3.8) is 0 Å². The molecule has 1 amide bonds. The highest BCUT2D eigenvalue weighted by atomic mass is 16.5. The molecule has 1 fully saturated rings. The van der Waals surface area contributed by atoms with Gasteiger partial charge in [-0.2, -0.15) is 0 Å². The first-order chi connectivity index (χ1) is 8.22. The number of nitrogens with zero attached hydrogens (tertiary/aromatic N) is 3. The van der Waals surface area contributed by atoms with Gasteiger partial charge in [-0.3, -0.25) is 9.69 Å².